The van der Waals surface area contributed by atoms with Gasteiger partial charge in [-0.15, -0.1) is 0 Å². The van der Waals surface area contributed by atoms with Crippen LogP contribution in [0.3, 0.4) is 0 Å². The molecule has 4 rings (SSSR count). The van der Waals surface area contributed by atoms with E-state index >= 15 is 0 Å². The molecule has 1 N–H and O–H groups in total. The van der Waals surface area contributed by atoms with Crippen LogP contribution in [0.1, 0.15) is 107 Å². The minimum Gasteiger partial charge on any atom is -0.393 e. The lowest BCUT2D eigenvalue weighted by Gasteiger charge is -2.62. The largest absolute Gasteiger partial charge is 0.393 e. The lowest BCUT2D eigenvalue weighted by Crippen LogP contribution is -2.56. The molecular weight excluding hydrogens is 376 g/mol. The second-order valence-electron chi connectivity index (χ2n) is 13.6. The topological polar surface area (TPSA) is 20.2 Å². The monoisotopic (exact) mass is 428 g/mol. The zero-order chi connectivity index (χ0) is 22.7. The molecule has 0 saturated heterocycles. The van der Waals surface area contributed by atoms with E-state index in [0.29, 0.717) is 28.6 Å². The van der Waals surface area contributed by atoms with Crippen LogP contribution >= 0.6 is 0 Å². The van der Waals surface area contributed by atoms with Crippen molar-refractivity contribution in [1.82, 2.24) is 0 Å². The molecule has 0 heterocycles. The summed E-state index contributed by atoms with van der Waals surface area (Å²) in [5.74, 6) is 7.05. The molecule has 0 aromatic heterocycles. The van der Waals surface area contributed by atoms with Crippen LogP contribution in [0.25, 0.3) is 0 Å². The highest BCUT2D eigenvalue weighted by Gasteiger charge is 2.61. The van der Waals surface area contributed by atoms with Crippen LogP contribution in [0.15, 0.2) is 11.6 Å². The van der Waals surface area contributed by atoms with E-state index in [9.17, 15) is 5.11 Å². The number of fused-ring (bicyclic) bond motifs is 5. The molecule has 0 aliphatic heterocycles. The Hall–Kier alpha value is -0.300. The summed E-state index contributed by atoms with van der Waals surface area (Å²) in [4.78, 5) is 0. The fraction of sp³-hybridized carbons (Fsp3) is 0.933. The van der Waals surface area contributed by atoms with Gasteiger partial charge in [0.25, 0.3) is 0 Å². The Balaban J connectivity index is 1.53. The average Bonchev–Trinajstić information content (AvgIpc) is 3.07. The van der Waals surface area contributed by atoms with Crippen molar-refractivity contribution in [2.75, 3.05) is 0 Å². The summed E-state index contributed by atoms with van der Waals surface area (Å²) in [6, 6.07) is 0. The summed E-state index contributed by atoms with van der Waals surface area (Å²) >= 11 is 0. The summed E-state index contributed by atoms with van der Waals surface area (Å²) in [6.07, 6.45) is 13.5. The van der Waals surface area contributed by atoms with Crippen LogP contribution < -0.4 is 0 Å². The minimum absolute atomic E-state index is 0.0524. The van der Waals surface area contributed by atoms with Crippen molar-refractivity contribution < 1.29 is 5.11 Å². The molecular formula is C30H52O. The molecule has 4 aliphatic rings. The van der Waals surface area contributed by atoms with Crippen molar-refractivity contribution in [1.29, 1.82) is 0 Å². The van der Waals surface area contributed by atoms with Gasteiger partial charge in [-0.05, 0) is 122 Å². The van der Waals surface area contributed by atoms with Gasteiger partial charge in [0.15, 0.2) is 0 Å². The first-order chi connectivity index (χ1) is 14.5. The van der Waals surface area contributed by atoms with Crippen molar-refractivity contribution in [2.24, 2.45) is 64.1 Å². The lowest BCUT2D eigenvalue weighted by atomic mass is 9.43. The Labute approximate surface area is 193 Å². The van der Waals surface area contributed by atoms with Crippen molar-refractivity contribution in [3.8, 4) is 0 Å². The van der Waals surface area contributed by atoms with Gasteiger partial charge >= 0.3 is 0 Å². The summed E-state index contributed by atoms with van der Waals surface area (Å²) in [6.45, 7) is 19.7. The quantitative estimate of drug-likeness (QED) is 0.448. The molecule has 178 valence electrons. The Kier molecular flexibility index (Phi) is 6.53. The van der Waals surface area contributed by atoms with Gasteiger partial charge in [-0.2, -0.15) is 0 Å². The number of rotatable bonds is 4. The summed E-state index contributed by atoms with van der Waals surface area (Å²) in [5, 5.41) is 10.6. The van der Waals surface area contributed by atoms with E-state index in [1.54, 1.807) is 5.57 Å². The Morgan fingerprint density at radius 1 is 0.839 bits per heavy atom. The number of allylic oxidation sites excluding steroid dienone is 2. The summed E-state index contributed by atoms with van der Waals surface area (Å²) in [7, 11) is 0. The predicted octanol–water partition coefficient (Wildman–Crippen LogP) is 8.13. The zero-order valence-electron chi connectivity index (χ0n) is 22.0. The SMILES string of the molecule is C/C(=C\[C@@H](C)[C@H]1CCC2C3CCC4[C@H](C)[C@@H](O)CC[C@]4(C)C3CC[C@@]21C)[C@H](C)C(C)C. The highest BCUT2D eigenvalue weighted by Crippen LogP contribution is 2.68. The molecule has 11 atom stereocenters. The molecule has 4 saturated carbocycles. The molecule has 4 fully saturated rings. The van der Waals surface area contributed by atoms with E-state index < -0.39 is 0 Å². The lowest BCUT2D eigenvalue weighted by molar-refractivity contribution is -0.148. The predicted molar refractivity (Wildman–Crippen MR) is 133 cm³/mol. The highest BCUT2D eigenvalue weighted by atomic mass is 16.3. The van der Waals surface area contributed by atoms with Gasteiger partial charge in [0.05, 0.1) is 6.10 Å². The van der Waals surface area contributed by atoms with Gasteiger partial charge in [0.1, 0.15) is 0 Å². The van der Waals surface area contributed by atoms with Crippen LogP contribution in [0.5, 0.6) is 0 Å². The Bertz CT molecular complexity index is 678. The fourth-order valence-corrected chi connectivity index (χ4v) is 9.82. The number of hydrogen-bond donors (Lipinski definition) is 1. The van der Waals surface area contributed by atoms with Gasteiger partial charge in [0.2, 0.25) is 0 Å². The van der Waals surface area contributed by atoms with Gasteiger partial charge in [-0.3, -0.25) is 0 Å². The molecule has 1 nitrogen and oxygen atoms in total. The molecule has 0 radical (unpaired) electrons. The second kappa shape index (κ2) is 8.48. The van der Waals surface area contributed by atoms with E-state index in [2.05, 4.69) is 61.5 Å². The fourth-order valence-electron chi connectivity index (χ4n) is 9.82. The highest BCUT2D eigenvalue weighted by molar-refractivity contribution is 5.13. The molecule has 0 bridgehead atoms. The van der Waals surface area contributed by atoms with Gasteiger partial charge in [-0.1, -0.05) is 60.1 Å². The average molecular weight is 429 g/mol. The van der Waals surface area contributed by atoms with Crippen LogP contribution in [-0.2, 0) is 0 Å². The van der Waals surface area contributed by atoms with E-state index in [4.69, 9.17) is 0 Å². The van der Waals surface area contributed by atoms with Crippen LogP contribution in [0, 0.1) is 64.1 Å². The first-order valence-electron chi connectivity index (χ1n) is 13.9. The Morgan fingerprint density at radius 2 is 1.45 bits per heavy atom. The number of hydrogen-bond acceptors (Lipinski definition) is 1. The van der Waals surface area contributed by atoms with Gasteiger partial charge in [-0.25, -0.2) is 0 Å². The van der Waals surface area contributed by atoms with Crippen molar-refractivity contribution in [3.05, 3.63) is 11.6 Å². The van der Waals surface area contributed by atoms with E-state index in [-0.39, 0.29) is 6.10 Å². The maximum absolute atomic E-state index is 10.6. The second-order valence-corrected chi connectivity index (χ2v) is 13.6. The number of aliphatic hydroxyl groups is 1. The normalized spacial score (nSPS) is 49.9. The first-order valence-corrected chi connectivity index (χ1v) is 13.9. The summed E-state index contributed by atoms with van der Waals surface area (Å²) in [5.41, 5.74) is 2.64. The third-order valence-corrected chi connectivity index (χ3v) is 12.1. The minimum atomic E-state index is -0.0524. The van der Waals surface area contributed by atoms with Gasteiger partial charge < -0.3 is 5.11 Å². The third-order valence-electron chi connectivity index (χ3n) is 12.1. The summed E-state index contributed by atoms with van der Waals surface area (Å²) < 4.78 is 0. The van der Waals surface area contributed by atoms with Crippen molar-refractivity contribution >= 4 is 0 Å². The maximum Gasteiger partial charge on any atom is 0.0568 e. The van der Waals surface area contributed by atoms with E-state index in [1.807, 2.05) is 0 Å². The van der Waals surface area contributed by atoms with Crippen molar-refractivity contribution in [2.45, 2.75) is 113 Å². The number of aliphatic hydroxyl groups excluding tert-OH is 1. The molecule has 0 amide bonds. The van der Waals surface area contributed by atoms with Crippen LogP contribution in [0.2, 0.25) is 0 Å². The molecule has 0 aromatic carbocycles. The smallest absolute Gasteiger partial charge is 0.0568 e. The first kappa shape index (κ1) is 23.8. The molecule has 0 aromatic rings. The van der Waals surface area contributed by atoms with Gasteiger partial charge in [0, 0.05) is 0 Å². The Morgan fingerprint density at radius 3 is 2.13 bits per heavy atom. The molecule has 4 unspecified atom stereocenters. The standard InChI is InChI=1S/C30H52O/c1-18(2)21(5)19(3)17-20(4)24-11-12-26-23-9-10-25-22(6)28(31)14-16-30(25,8)27(23)13-15-29(24,26)7/h17-18,20-28,31H,9-16H2,1-8H3/b19-17+/t20-,21-,22+,23?,24-,25?,26?,27?,28+,29-,30+/m1/s1. The molecule has 1 heteroatoms. The molecule has 0 spiro atoms. The third kappa shape index (κ3) is 3.77. The van der Waals surface area contributed by atoms with Crippen LogP contribution in [-0.4, -0.2) is 11.2 Å². The van der Waals surface area contributed by atoms with Crippen LogP contribution in [0.4, 0.5) is 0 Å². The molecule has 31 heavy (non-hydrogen) atoms. The van der Waals surface area contributed by atoms with Crippen molar-refractivity contribution in [3.63, 3.8) is 0 Å². The molecule has 4 aliphatic carbocycles. The maximum atomic E-state index is 10.6. The van der Waals surface area contributed by atoms with E-state index in [0.717, 1.165) is 41.9 Å². The van der Waals surface area contributed by atoms with E-state index in [1.165, 1.54) is 44.9 Å². The zero-order valence-corrected chi connectivity index (χ0v) is 22.0.